The van der Waals surface area contributed by atoms with Gasteiger partial charge in [0.15, 0.2) is 0 Å². The summed E-state index contributed by atoms with van der Waals surface area (Å²) in [6.07, 6.45) is -8.44. The third-order valence-corrected chi connectivity index (χ3v) is 4.31. The molecule has 1 aliphatic rings. The number of halogens is 7. The number of nitrogens with one attached hydrogen (secondary N) is 1. The smallest absolute Gasteiger partial charge is 0.416 e. The van der Waals surface area contributed by atoms with E-state index >= 15 is 0 Å². The second kappa shape index (κ2) is 8.12. The van der Waals surface area contributed by atoms with Gasteiger partial charge in [-0.25, -0.2) is 0 Å². The fourth-order valence-electron chi connectivity index (χ4n) is 3.13. The molecule has 0 radical (unpaired) electrons. The summed E-state index contributed by atoms with van der Waals surface area (Å²) in [6, 6.07) is 3.93. The Kier molecular flexibility index (Phi) is 6.49. The van der Waals surface area contributed by atoms with Crippen LogP contribution >= 0.6 is 12.4 Å². The Labute approximate surface area is 157 Å². The highest BCUT2D eigenvalue weighted by atomic mass is 35.5. The molecule has 0 saturated carbocycles. The minimum absolute atomic E-state index is 0. The number of furan rings is 1. The van der Waals surface area contributed by atoms with E-state index in [0.717, 1.165) is 6.07 Å². The normalized spacial score (nSPS) is 17.4. The van der Waals surface area contributed by atoms with Crippen LogP contribution in [0.2, 0.25) is 0 Å². The van der Waals surface area contributed by atoms with Crippen LogP contribution in [0.15, 0.2) is 41.0 Å². The Morgan fingerprint density at radius 2 is 1.63 bits per heavy atom. The van der Waals surface area contributed by atoms with Crippen molar-refractivity contribution in [2.45, 2.75) is 18.4 Å². The average Bonchev–Trinajstić information content (AvgIpc) is 3.08. The van der Waals surface area contributed by atoms with Crippen molar-refractivity contribution in [3.63, 3.8) is 0 Å². The summed E-state index contributed by atoms with van der Waals surface area (Å²) in [6.45, 7) is 2.03. The number of nitrogens with zero attached hydrogens (tertiary/aromatic N) is 1. The fourth-order valence-corrected chi connectivity index (χ4v) is 3.13. The van der Waals surface area contributed by atoms with E-state index in [9.17, 15) is 26.3 Å². The van der Waals surface area contributed by atoms with E-state index in [-0.39, 0.29) is 29.8 Å². The van der Waals surface area contributed by atoms with Crippen molar-refractivity contribution in [2.24, 2.45) is 0 Å². The highest BCUT2D eigenvalue weighted by molar-refractivity contribution is 5.85. The lowest BCUT2D eigenvalue weighted by Crippen LogP contribution is -2.45. The molecule has 1 N–H and O–H groups in total. The summed E-state index contributed by atoms with van der Waals surface area (Å²) < 4.78 is 84.7. The second-order valence-electron chi connectivity index (χ2n) is 6.00. The van der Waals surface area contributed by atoms with Crippen LogP contribution in [0.1, 0.15) is 28.5 Å². The molecule has 1 aliphatic heterocycles. The third kappa shape index (κ3) is 4.77. The van der Waals surface area contributed by atoms with Gasteiger partial charge in [0.2, 0.25) is 0 Å². The lowest BCUT2D eigenvalue weighted by molar-refractivity contribution is -0.143. The first-order chi connectivity index (χ1) is 12.2. The number of hydrogen-bond acceptors (Lipinski definition) is 3. The van der Waals surface area contributed by atoms with Crippen LogP contribution in [0.3, 0.4) is 0 Å². The summed E-state index contributed by atoms with van der Waals surface area (Å²) in [7, 11) is 0. The van der Waals surface area contributed by atoms with Gasteiger partial charge in [-0.05, 0) is 29.8 Å². The summed E-state index contributed by atoms with van der Waals surface area (Å²) >= 11 is 0. The molecular weight excluding hydrogens is 398 g/mol. The van der Waals surface area contributed by atoms with Gasteiger partial charge in [0, 0.05) is 26.2 Å². The fraction of sp³-hybridized carbons (Fsp3) is 0.412. The molecular formula is C17H17ClF6N2O. The van der Waals surface area contributed by atoms with Gasteiger partial charge in [-0.15, -0.1) is 12.4 Å². The topological polar surface area (TPSA) is 28.4 Å². The maximum Gasteiger partial charge on any atom is 0.416 e. The van der Waals surface area contributed by atoms with Gasteiger partial charge in [0.25, 0.3) is 0 Å². The summed E-state index contributed by atoms with van der Waals surface area (Å²) in [4.78, 5) is 1.77. The van der Waals surface area contributed by atoms with E-state index in [2.05, 4.69) is 5.32 Å². The Morgan fingerprint density at radius 3 is 2.15 bits per heavy atom. The first kappa shape index (κ1) is 21.6. The number of rotatable bonds is 3. The molecule has 150 valence electrons. The van der Waals surface area contributed by atoms with Crippen LogP contribution in [0, 0.1) is 0 Å². The molecule has 2 heterocycles. The summed E-state index contributed by atoms with van der Waals surface area (Å²) in [5, 5.41) is 3.10. The Bertz CT molecular complexity index is 739. The van der Waals surface area contributed by atoms with E-state index in [1.807, 2.05) is 0 Å². The van der Waals surface area contributed by atoms with Gasteiger partial charge in [-0.1, -0.05) is 6.07 Å². The molecule has 1 aromatic carbocycles. The van der Waals surface area contributed by atoms with E-state index in [1.165, 1.54) is 12.3 Å². The minimum atomic E-state index is -4.92. The molecule has 3 nitrogen and oxygen atoms in total. The first-order valence-corrected chi connectivity index (χ1v) is 7.94. The van der Waals surface area contributed by atoms with Crippen LogP contribution in [-0.2, 0) is 12.4 Å². The van der Waals surface area contributed by atoms with Crippen LogP contribution in [-0.4, -0.2) is 31.1 Å². The van der Waals surface area contributed by atoms with Gasteiger partial charge in [-0.3, -0.25) is 4.90 Å². The number of hydrogen-bond donors (Lipinski definition) is 1. The van der Waals surface area contributed by atoms with Crippen molar-refractivity contribution in [2.75, 3.05) is 26.2 Å². The van der Waals surface area contributed by atoms with E-state index in [1.54, 1.807) is 11.0 Å². The molecule has 1 atom stereocenters. The van der Waals surface area contributed by atoms with Gasteiger partial charge in [0.1, 0.15) is 5.76 Å². The lowest BCUT2D eigenvalue weighted by atomic mass is 9.94. The van der Waals surface area contributed by atoms with Crippen LogP contribution in [0.4, 0.5) is 26.3 Å². The molecule has 0 unspecified atom stereocenters. The maximum atomic E-state index is 13.6. The van der Waals surface area contributed by atoms with Crippen molar-refractivity contribution in [1.29, 1.82) is 0 Å². The number of alkyl halides is 6. The predicted octanol–water partition coefficient (Wildman–Crippen LogP) is 4.73. The van der Waals surface area contributed by atoms with Crippen LogP contribution in [0.25, 0.3) is 0 Å². The molecule has 3 rings (SSSR count). The molecule has 0 aliphatic carbocycles. The van der Waals surface area contributed by atoms with E-state index < -0.39 is 29.5 Å². The molecule has 10 heteroatoms. The zero-order chi connectivity index (χ0) is 18.9. The zero-order valence-corrected chi connectivity index (χ0v) is 14.7. The van der Waals surface area contributed by atoms with Crippen LogP contribution in [0.5, 0.6) is 0 Å². The average molecular weight is 415 g/mol. The molecule has 27 heavy (non-hydrogen) atoms. The van der Waals surface area contributed by atoms with Crippen molar-refractivity contribution < 1.29 is 30.8 Å². The Hall–Kier alpha value is -1.71. The Balaban J connectivity index is 0.00000261. The molecule has 1 fully saturated rings. The molecule has 0 bridgehead atoms. The van der Waals surface area contributed by atoms with Crippen LogP contribution < -0.4 is 5.32 Å². The summed E-state index contributed by atoms with van der Waals surface area (Å²) in [5.41, 5.74) is -2.87. The van der Waals surface area contributed by atoms with Gasteiger partial charge in [0.05, 0.1) is 23.4 Å². The van der Waals surface area contributed by atoms with Gasteiger partial charge < -0.3 is 9.73 Å². The van der Waals surface area contributed by atoms with Gasteiger partial charge in [-0.2, -0.15) is 26.3 Å². The molecule has 0 spiro atoms. The van der Waals surface area contributed by atoms with E-state index in [0.29, 0.717) is 32.2 Å². The molecule has 1 aromatic heterocycles. The van der Waals surface area contributed by atoms with Crippen molar-refractivity contribution >= 4 is 12.4 Å². The molecule has 2 aromatic rings. The SMILES string of the molecule is Cl.FC(F)(F)c1ccc([C@@H](c2ccco2)N2CCNCC2)c(C(F)(F)F)c1. The summed E-state index contributed by atoms with van der Waals surface area (Å²) in [5.74, 6) is 0.261. The second-order valence-corrected chi connectivity index (χ2v) is 6.00. The molecule has 1 saturated heterocycles. The predicted molar refractivity (Wildman–Crippen MR) is 88.7 cm³/mol. The largest absolute Gasteiger partial charge is 0.467 e. The number of piperazine rings is 1. The first-order valence-electron chi connectivity index (χ1n) is 7.94. The molecule has 0 amide bonds. The maximum absolute atomic E-state index is 13.6. The van der Waals surface area contributed by atoms with E-state index in [4.69, 9.17) is 4.42 Å². The highest BCUT2D eigenvalue weighted by Crippen LogP contribution is 2.42. The standard InChI is InChI=1S/C17H16F6N2O.ClH/c18-16(19,20)11-3-4-12(13(10-11)17(21,22)23)15(14-2-1-9-26-14)25-7-5-24-6-8-25;/h1-4,9-10,15,24H,5-8H2;1H/t15-;/m0./s1. The van der Waals surface area contributed by atoms with Crippen molar-refractivity contribution in [3.8, 4) is 0 Å². The zero-order valence-electron chi connectivity index (χ0n) is 13.9. The third-order valence-electron chi connectivity index (χ3n) is 4.31. The highest BCUT2D eigenvalue weighted by Gasteiger charge is 2.41. The van der Waals surface area contributed by atoms with Crippen molar-refractivity contribution in [3.05, 3.63) is 59.0 Å². The number of benzene rings is 1. The minimum Gasteiger partial charge on any atom is -0.467 e. The Morgan fingerprint density at radius 1 is 0.963 bits per heavy atom. The van der Waals surface area contributed by atoms with Crippen molar-refractivity contribution in [1.82, 2.24) is 10.2 Å². The lowest BCUT2D eigenvalue weighted by Gasteiger charge is -2.35. The van der Waals surface area contributed by atoms with Gasteiger partial charge >= 0.3 is 12.4 Å². The quantitative estimate of drug-likeness (QED) is 0.736. The monoisotopic (exact) mass is 414 g/mol.